The van der Waals surface area contributed by atoms with Gasteiger partial charge in [-0.2, -0.15) is 5.10 Å². The van der Waals surface area contributed by atoms with E-state index in [0.717, 1.165) is 26.8 Å². The highest BCUT2D eigenvalue weighted by Gasteiger charge is 2.30. The Balaban J connectivity index is 1.57. The highest BCUT2D eigenvalue weighted by Crippen LogP contribution is 2.24. The first-order valence-electron chi connectivity index (χ1n) is 8.61. The first-order chi connectivity index (χ1) is 12.9. The zero-order valence-electron chi connectivity index (χ0n) is 14.9. The first kappa shape index (κ1) is 17.7. The molecule has 1 aromatic carbocycles. The fourth-order valence-corrected chi connectivity index (χ4v) is 3.81. The molecular weight excluding hydrogens is 410 g/mol. The molecule has 2 amide bonds. The van der Waals surface area contributed by atoms with Crippen molar-refractivity contribution in [2.75, 3.05) is 11.9 Å². The van der Waals surface area contributed by atoms with Crippen molar-refractivity contribution in [2.45, 2.75) is 25.9 Å². The number of amides is 2. The van der Waals surface area contributed by atoms with Gasteiger partial charge in [0.2, 0.25) is 0 Å². The van der Waals surface area contributed by atoms with E-state index in [1.54, 1.807) is 28.9 Å². The van der Waals surface area contributed by atoms with Crippen LogP contribution in [0.4, 0.5) is 5.82 Å². The summed E-state index contributed by atoms with van der Waals surface area (Å²) in [5.74, 6) is 0.209. The predicted molar refractivity (Wildman–Crippen MR) is 106 cm³/mol. The number of fused-ring (bicyclic) bond motifs is 2. The van der Waals surface area contributed by atoms with E-state index in [1.165, 1.54) is 0 Å². The van der Waals surface area contributed by atoms with Crippen molar-refractivity contribution in [3.05, 3.63) is 52.4 Å². The molecule has 8 heteroatoms. The summed E-state index contributed by atoms with van der Waals surface area (Å²) in [5.41, 5.74) is 1.14. The molecular formula is C19H18BrN5O2. The van der Waals surface area contributed by atoms with Gasteiger partial charge in [0.05, 0.1) is 5.69 Å². The number of hydrogen-bond donors (Lipinski definition) is 1. The van der Waals surface area contributed by atoms with Gasteiger partial charge in [-0.1, -0.05) is 28.1 Å². The third-order valence-corrected chi connectivity index (χ3v) is 5.42. The van der Waals surface area contributed by atoms with Crippen LogP contribution in [-0.4, -0.2) is 39.7 Å². The Bertz CT molecular complexity index is 1060. The average Bonchev–Trinajstić information content (AvgIpc) is 3.00. The fourth-order valence-electron chi connectivity index (χ4n) is 3.31. The Morgan fingerprint density at radius 2 is 2.15 bits per heavy atom. The molecule has 138 valence electrons. The summed E-state index contributed by atoms with van der Waals surface area (Å²) in [6, 6.07) is 8.73. The van der Waals surface area contributed by atoms with E-state index in [1.807, 2.05) is 31.2 Å². The van der Waals surface area contributed by atoms with Crippen LogP contribution < -0.4 is 10.2 Å². The van der Waals surface area contributed by atoms with E-state index in [4.69, 9.17) is 0 Å². The number of nitrogens with zero attached hydrogens (tertiary/aromatic N) is 4. The Morgan fingerprint density at radius 3 is 2.96 bits per heavy atom. The van der Waals surface area contributed by atoms with Gasteiger partial charge < -0.3 is 5.32 Å². The van der Waals surface area contributed by atoms with E-state index < -0.39 is 6.04 Å². The lowest BCUT2D eigenvalue weighted by Gasteiger charge is -2.20. The van der Waals surface area contributed by atoms with Crippen LogP contribution >= 0.6 is 15.9 Å². The molecule has 3 aromatic rings. The lowest BCUT2D eigenvalue weighted by molar-refractivity contribution is -0.120. The monoisotopic (exact) mass is 427 g/mol. The van der Waals surface area contributed by atoms with Crippen molar-refractivity contribution >= 4 is 44.3 Å². The maximum atomic E-state index is 12.8. The standard InChI is InChI=1S/C19H18BrN5O2/c1-11-8-17-24(2)19(27)15(6-7-25(17)23-11)22-18(26)16-9-13-12(10-21-16)4-3-5-14(13)20/h3-5,8-10,15H,6-7H2,1-2H3,(H,22,26). The molecule has 0 aliphatic carbocycles. The molecule has 4 rings (SSSR count). The molecule has 7 nitrogen and oxygen atoms in total. The van der Waals surface area contributed by atoms with E-state index in [-0.39, 0.29) is 17.5 Å². The minimum absolute atomic E-state index is 0.163. The highest BCUT2D eigenvalue weighted by molar-refractivity contribution is 9.10. The topological polar surface area (TPSA) is 80.1 Å². The SMILES string of the molecule is Cc1cc2n(n1)CCC(NC(=O)c1cc3c(Br)cccc3cn1)C(=O)N2C. The Hall–Kier alpha value is -2.74. The second-order valence-corrected chi connectivity index (χ2v) is 7.46. The van der Waals surface area contributed by atoms with Crippen molar-refractivity contribution < 1.29 is 9.59 Å². The van der Waals surface area contributed by atoms with Gasteiger partial charge in [0.15, 0.2) is 0 Å². The molecule has 1 aliphatic heterocycles. The first-order valence-corrected chi connectivity index (χ1v) is 9.40. The third-order valence-electron chi connectivity index (χ3n) is 4.73. The third kappa shape index (κ3) is 3.21. The molecule has 1 N–H and O–H groups in total. The zero-order chi connectivity index (χ0) is 19.1. The summed E-state index contributed by atoms with van der Waals surface area (Å²) >= 11 is 3.49. The number of rotatable bonds is 2. The molecule has 1 unspecified atom stereocenters. The smallest absolute Gasteiger partial charge is 0.270 e. The number of likely N-dealkylation sites (N-methyl/N-ethyl adjacent to an activating group) is 1. The van der Waals surface area contributed by atoms with Crippen LogP contribution in [0.3, 0.4) is 0 Å². The summed E-state index contributed by atoms with van der Waals surface area (Å²) < 4.78 is 2.69. The van der Waals surface area contributed by atoms with Gasteiger partial charge in [-0.3, -0.25) is 19.5 Å². The van der Waals surface area contributed by atoms with E-state index in [2.05, 4.69) is 31.3 Å². The van der Waals surface area contributed by atoms with Crippen LogP contribution in [-0.2, 0) is 11.3 Å². The largest absolute Gasteiger partial charge is 0.339 e. The van der Waals surface area contributed by atoms with Crippen LogP contribution in [0.15, 0.2) is 41.0 Å². The van der Waals surface area contributed by atoms with Gasteiger partial charge in [0.25, 0.3) is 11.8 Å². The number of nitrogens with one attached hydrogen (secondary N) is 1. The lowest BCUT2D eigenvalue weighted by Crippen LogP contribution is -2.46. The van der Waals surface area contributed by atoms with Crippen molar-refractivity contribution in [3.63, 3.8) is 0 Å². The van der Waals surface area contributed by atoms with Crippen LogP contribution in [0.25, 0.3) is 10.8 Å². The Labute approximate surface area is 164 Å². The number of pyridine rings is 1. The highest BCUT2D eigenvalue weighted by atomic mass is 79.9. The number of benzene rings is 1. The Kier molecular flexibility index (Phi) is 4.43. The van der Waals surface area contributed by atoms with Crippen molar-refractivity contribution in [1.82, 2.24) is 20.1 Å². The summed E-state index contributed by atoms with van der Waals surface area (Å²) in [6.07, 6.45) is 2.13. The number of aromatic nitrogens is 3. The number of hydrogen-bond acceptors (Lipinski definition) is 4. The molecule has 0 fully saturated rings. The predicted octanol–water partition coefficient (Wildman–Crippen LogP) is 2.67. The summed E-state index contributed by atoms with van der Waals surface area (Å²) in [6.45, 7) is 2.45. The second kappa shape index (κ2) is 6.77. The maximum Gasteiger partial charge on any atom is 0.270 e. The van der Waals surface area contributed by atoms with Crippen LogP contribution in [0.1, 0.15) is 22.6 Å². The molecule has 3 heterocycles. The van der Waals surface area contributed by atoms with Crippen LogP contribution in [0.2, 0.25) is 0 Å². The van der Waals surface area contributed by atoms with Crippen LogP contribution in [0.5, 0.6) is 0 Å². The van der Waals surface area contributed by atoms with Gasteiger partial charge in [-0.05, 0) is 30.9 Å². The zero-order valence-corrected chi connectivity index (χ0v) is 16.5. The minimum Gasteiger partial charge on any atom is -0.339 e. The number of aryl methyl sites for hydroxylation is 2. The summed E-state index contributed by atoms with van der Waals surface area (Å²) in [7, 11) is 1.70. The number of carbonyl (C=O) groups excluding carboxylic acids is 2. The van der Waals surface area contributed by atoms with Gasteiger partial charge >= 0.3 is 0 Å². The van der Waals surface area contributed by atoms with E-state index in [9.17, 15) is 9.59 Å². The Morgan fingerprint density at radius 1 is 1.33 bits per heavy atom. The van der Waals surface area contributed by atoms with Crippen molar-refractivity contribution in [1.29, 1.82) is 0 Å². The van der Waals surface area contributed by atoms with Gasteiger partial charge in [0, 0.05) is 35.7 Å². The molecule has 0 saturated carbocycles. The fraction of sp³-hybridized carbons (Fsp3) is 0.263. The quantitative estimate of drug-likeness (QED) is 0.681. The number of anilines is 1. The van der Waals surface area contributed by atoms with Gasteiger partial charge in [0.1, 0.15) is 17.6 Å². The molecule has 27 heavy (non-hydrogen) atoms. The minimum atomic E-state index is -0.624. The summed E-state index contributed by atoms with van der Waals surface area (Å²) in [4.78, 5) is 31.3. The second-order valence-electron chi connectivity index (χ2n) is 6.61. The molecule has 0 radical (unpaired) electrons. The molecule has 0 spiro atoms. The van der Waals surface area contributed by atoms with E-state index >= 15 is 0 Å². The number of carbonyl (C=O) groups is 2. The lowest BCUT2D eigenvalue weighted by atomic mass is 10.1. The maximum absolute atomic E-state index is 12.8. The van der Waals surface area contributed by atoms with Crippen molar-refractivity contribution in [2.24, 2.45) is 0 Å². The molecule has 0 bridgehead atoms. The molecule has 1 atom stereocenters. The van der Waals surface area contributed by atoms with E-state index in [0.29, 0.717) is 13.0 Å². The summed E-state index contributed by atoms with van der Waals surface area (Å²) in [5, 5.41) is 9.07. The molecule has 1 aliphatic rings. The van der Waals surface area contributed by atoms with Crippen LogP contribution in [0, 0.1) is 6.92 Å². The molecule has 2 aromatic heterocycles. The van der Waals surface area contributed by atoms with Gasteiger partial charge in [-0.25, -0.2) is 4.68 Å². The van der Waals surface area contributed by atoms with Gasteiger partial charge in [-0.15, -0.1) is 0 Å². The molecule has 0 saturated heterocycles. The number of halogens is 1. The van der Waals surface area contributed by atoms with Crippen molar-refractivity contribution in [3.8, 4) is 0 Å². The normalized spacial score (nSPS) is 16.9. The average molecular weight is 428 g/mol.